The van der Waals surface area contributed by atoms with E-state index >= 15 is 0 Å². The molecule has 0 heterocycles. The molecule has 0 unspecified atom stereocenters. The molecule has 0 bridgehead atoms. The van der Waals surface area contributed by atoms with E-state index in [2.05, 4.69) is 13.2 Å². The van der Waals surface area contributed by atoms with Crippen LogP contribution in [0.3, 0.4) is 0 Å². The lowest BCUT2D eigenvalue weighted by atomic mass is 9.93. The average molecular weight is 291 g/mol. The largest absolute Gasteiger partial charge is 0.264 e. The third-order valence-electron chi connectivity index (χ3n) is 3.45. The topological polar surface area (TPSA) is 43.1 Å². The molecule has 118 valence electrons. The van der Waals surface area contributed by atoms with Crippen LogP contribution in [0.1, 0.15) is 58.3 Å². The highest BCUT2D eigenvalue weighted by molar-refractivity contribution is 4.96. The summed E-state index contributed by atoms with van der Waals surface area (Å²) in [4.78, 5) is 11.1. The Morgan fingerprint density at radius 2 is 1.33 bits per heavy atom. The Morgan fingerprint density at radius 1 is 0.905 bits per heavy atom. The smallest absolute Gasteiger partial charge is 0.226 e. The lowest BCUT2D eigenvalue weighted by molar-refractivity contribution is -0.563. The zero-order chi connectivity index (χ0) is 16.0. The van der Waals surface area contributed by atoms with Crippen LogP contribution in [0, 0.1) is 10.1 Å². The summed E-state index contributed by atoms with van der Waals surface area (Å²) in [5.74, 6) is 0. The molecule has 0 spiro atoms. The molecule has 0 fully saturated rings. The Hall–Kier alpha value is -1.64. The van der Waals surface area contributed by atoms with E-state index in [1.165, 1.54) is 0 Å². The van der Waals surface area contributed by atoms with E-state index in [1.54, 1.807) is 6.92 Å². The van der Waals surface area contributed by atoms with Crippen LogP contribution < -0.4 is 0 Å². The Balaban J connectivity index is 4.19. The molecule has 0 aliphatic carbocycles. The Bertz CT molecular complexity index is 343. The summed E-state index contributed by atoms with van der Waals surface area (Å²) in [5, 5.41) is 11.3. The number of nitrogens with zero attached hydrogens (tertiary/aromatic N) is 1. The Kier molecular flexibility index (Phi) is 11.2. The number of rotatable bonds is 13. The van der Waals surface area contributed by atoms with Gasteiger partial charge in [0, 0.05) is 24.7 Å². The highest BCUT2D eigenvalue weighted by Gasteiger charge is 2.34. The van der Waals surface area contributed by atoms with Crippen LogP contribution in [-0.2, 0) is 0 Å². The molecule has 0 radical (unpaired) electrons. The van der Waals surface area contributed by atoms with E-state index in [-0.39, 0.29) is 4.92 Å². The van der Waals surface area contributed by atoms with Crippen molar-refractivity contribution in [1.29, 1.82) is 0 Å². The van der Waals surface area contributed by atoms with Crippen molar-refractivity contribution in [1.82, 2.24) is 0 Å². The number of hydrogen-bond acceptors (Lipinski definition) is 2. The van der Waals surface area contributed by atoms with Crippen molar-refractivity contribution >= 4 is 0 Å². The van der Waals surface area contributed by atoms with Gasteiger partial charge in [0.25, 0.3) is 0 Å². The molecule has 21 heavy (non-hydrogen) atoms. The third-order valence-corrected chi connectivity index (χ3v) is 3.45. The quantitative estimate of drug-likeness (QED) is 0.191. The molecule has 0 aromatic rings. The second-order valence-corrected chi connectivity index (χ2v) is 5.54. The SMILES string of the molecule is C=CCCCC=CCC(C)(CC=CCCCC=C)[N+](=O)[O-]. The maximum absolute atomic E-state index is 11.3. The first kappa shape index (κ1) is 19.4. The Morgan fingerprint density at radius 3 is 1.67 bits per heavy atom. The van der Waals surface area contributed by atoms with Crippen molar-refractivity contribution in [3.05, 3.63) is 59.7 Å². The van der Waals surface area contributed by atoms with Crippen LogP contribution in [0.15, 0.2) is 49.6 Å². The number of hydrogen-bond donors (Lipinski definition) is 0. The van der Waals surface area contributed by atoms with Gasteiger partial charge < -0.3 is 0 Å². The first-order valence-electron chi connectivity index (χ1n) is 7.73. The summed E-state index contributed by atoms with van der Waals surface area (Å²) in [6.45, 7) is 9.07. The molecule has 0 saturated heterocycles. The van der Waals surface area contributed by atoms with E-state index < -0.39 is 5.54 Å². The van der Waals surface area contributed by atoms with Crippen molar-refractivity contribution in [3.8, 4) is 0 Å². The number of nitro groups is 1. The first-order chi connectivity index (χ1) is 10.1. The van der Waals surface area contributed by atoms with Gasteiger partial charge in [0.15, 0.2) is 0 Å². The second-order valence-electron chi connectivity index (χ2n) is 5.54. The molecule has 0 aliphatic rings. The third kappa shape index (κ3) is 9.83. The van der Waals surface area contributed by atoms with Crippen LogP contribution in [0.5, 0.6) is 0 Å². The molecule has 0 rings (SSSR count). The molecular weight excluding hydrogens is 262 g/mol. The summed E-state index contributed by atoms with van der Waals surface area (Å²) in [7, 11) is 0. The second kappa shape index (κ2) is 12.1. The average Bonchev–Trinajstić information content (AvgIpc) is 2.46. The van der Waals surface area contributed by atoms with Gasteiger partial charge in [-0.1, -0.05) is 36.5 Å². The van der Waals surface area contributed by atoms with Gasteiger partial charge in [-0.15, -0.1) is 13.2 Å². The molecular formula is C18H29NO2. The predicted octanol–water partition coefficient (Wildman–Crippen LogP) is 5.63. The van der Waals surface area contributed by atoms with Gasteiger partial charge >= 0.3 is 0 Å². The van der Waals surface area contributed by atoms with Crippen molar-refractivity contribution in [2.45, 2.75) is 63.8 Å². The van der Waals surface area contributed by atoms with Crippen LogP contribution >= 0.6 is 0 Å². The van der Waals surface area contributed by atoms with E-state index in [1.807, 2.05) is 36.5 Å². The van der Waals surface area contributed by atoms with E-state index in [0.29, 0.717) is 12.8 Å². The van der Waals surface area contributed by atoms with E-state index in [0.717, 1.165) is 38.5 Å². The first-order valence-corrected chi connectivity index (χ1v) is 7.73. The highest BCUT2D eigenvalue weighted by atomic mass is 16.6. The maximum Gasteiger partial charge on any atom is 0.226 e. The summed E-state index contributed by atoms with van der Waals surface area (Å²) >= 11 is 0. The van der Waals surface area contributed by atoms with Crippen LogP contribution in [0.2, 0.25) is 0 Å². The van der Waals surface area contributed by atoms with Gasteiger partial charge in [-0.2, -0.15) is 0 Å². The zero-order valence-electron chi connectivity index (χ0n) is 13.3. The van der Waals surface area contributed by atoms with Crippen molar-refractivity contribution in [3.63, 3.8) is 0 Å². The molecule has 0 amide bonds. The molecule has 3 nitrogen and oxygen atoms in total. The minimum atomic E-state index is -0.899. The lowest BCUT2D eigenvalue weighted by Crippen LogP contribution is -2.33. The van der Waals surface area contributed by atoms with Crippen LogP contribution in [-0.4, -0.2) is 10.5 Å². The standard InChI is InChI=1S/C18H29NO2/c1-4-6-8-10-12-14-16-18(3,19(20)21)17-15-13-11-9-7-5-2/h4-5,12-15H,1-2,6-11,16-17H2,3H3. The minimum Gasteiger partial charge on any atom is -0.264 e. The summed E-state index contributed by atoms with van der Waals surface area (Å²) in [6.07, 6.45) is 18.7. The monoisotopic (exact) mass is 291 g/mol. The minimum absolute atomic E-state index is 0.158. The molecule has 0 aromatic carbocycles. The fourth-order valence-electron chi connectivity index (χ4n) is 1.90. The van der Waals surface area contributed by atoms with Crippen molar-refractivity contribution in [2.24, 2.45) is 0 Å². The van der Waals surface area contributed by atoms with Gasteiger partial charge in [0.1, 0.15) is 0 Å². The molecule has 0 N–H and O–H groups in total. The number of unbranched alkanes of at least 4 members (excludes halogenated alkanes) is 4. The van der Waals surface area contributed by atoms with Gasteiger partial charge in [-0.05, 0) is 38.5 Å². The van der Waals surface area contributed by atoms with E-state index in [4.69, 9.17) is 0 Å². The van der Waals surface area contributed by atoms with Gasteiger partial charge in [0.05, 0.1) is 0 Å². The number of allylic oxidation sites excluding steroid dienone is 4. The zero-order valence-corrected chi connectivity index (χ0v) is 13.3. The molecule has 0 aromatic heterocycles. The molecule has 3 heteroatoms. The van der Waals surface area contributed by atoms with Gasteiger partial charge in [0.2, 0.25) is 5.54 Å². The summed E-state index contributed by atoms with van der Waals surface area (Å²) < 4.78 is 0. The van der Waals surface area contributed by atoms with Gasteiger partial charge in [-0.25, -0.2) is 0 Å². The lowest BCUT2D eigenvalue weighted by Gasteiger charge is -2.17. The van der Waals surface area contributed by atoms with E-state index in [9.17, 15) is 10.1 Å². The predicted molar refractivity (Wildman–Crippen MR) is 91.0 cm³/mol. The summed E-state index contributed by atoms with van der Waals surface area (Å²) in [5.41, 5.74) is -0.899. The Labute approximate surface area is 129 Å². The van der Waals surface area contributed by atoms with Crippen LogP contribution in [0.25, 0.3) is 0 Å². The summed E-state index contributed by atoms with van der Waals surface area (Å²) in [6, 6.07) is 0. The van der Waals surface area contributed by atoms with Gasteiger partial charge in [-0.3, -0.25) is 10.1 Å². The fourth-order valence-corrected chi connectivity index (χ4v) is 1.90. The molecule has 0 aliphatic heterocycles. The highest BCUT2D eigenvalue weighted by Crippen LogP contribution is 2.21. The normalized spacial score (nSPS) is 14.3. The van der Waals surface area contributed by atoms with Crippen molar-refractivity contribution < 1.29 is 4.92 Å². The maximum atomic E-state index is 11.3. The van der Waals surface area contributed by atoms with Crippen molar-refractivity contribution in [2.75, 3.05) is 0 Å². The molecule has 0 atom stereocenters. The van der Waals surface area contributed by atoms with Crippen LogP contribution in [0.4, 0.5) is 0 Å². The fraction of sp³-hybridized carbons (Fsp3) is 0.556. The molecule has 0 saturated carbocycles.